The molecule has 0 radical (unpaired) electrons. The highest BCUT2D eigenvalue weighted by Crippen LogP contribution is 2.26. The Balaban J connectivity index is 1.91. The van der Waals surface area contributed by atoms with Crippen molar-refractivity contribution in [1.29, 1.82) is 0 Å². The Morgan fingerprint density at radius 1 is 1.37 bits per heavy atom. The number of nitrogens with zero attached hydrogens (tertiary/aromatic N) is 1. The summed E-state index contributed by atoms with van der Waals surface area (Å²) >= 11 is 0. The van der Waals surface area contributed by atoms with Gasteiger partial charge in [0.2, 0.25) is 0 Å². The molecule has 1 amide bonds. The van der Waals surface area contributed by atoms with Crippen molar-refractivity contribution in [1.82, 2.24) is 10.3 Å². The first kappa shape index (κ1) is 13.8. The Morgan fingerprint density at radius 2 is 2.11 bits per heavy atom. The zero-order chi connectivity index (χ0) is 13.7. The van der Waals surface area contributed by atoms with Crippen LogP contribution in [0.5, 0.6) is 0 Å². The molecule has 1 saturated carbocycles. The van der Waals surface area contributed by atoms with Crippen LogP contribution >= 0.6 is 0 Å². The Morgan fingerprint density at radius 3 is 2.68 bits per heavy atom. The number of pyridine rings is 1. The van der Waals surface area contributed by atoms with Gasteiger partial charge in [-0.15, -0.1) is 0 Å². The first-order valence-electron chi connectivity index (χ1n) is 6.94. The number of hydrogen-bond donors (Lipinski definition) is 3. The number of carbonyl (C=O) groups excluding carboxylic acids is 1. The van der Waals surface area contributed by atoms with Gasteiger partial charge in [-0.25, -0.2) is 10.8 Å². The third-order valence-corrected chi connectivity index (χ3v) is 3.89. The van der Waals surface area contributed by atoms with Crippen LogP contribution in [0.1, 0.15) is 49.4 Å². The van der Waals surface area contributed by atoms with E-state index in [1.165, 1.54) is 38.3 Å². The number of aromatic nitrogens is 1. The molecule has 1 fully saturated rings. The fourth-order valence-electron chi connectivity index (χ4n) is 2.66. The van der Waals surface area contributed by atoms with Gasteiger partial charge in [-0.3, -0.25) is 4.79 Å². The van der Waals surface area contributed by atoms with Crippen molar-refractivity contribution in [3.8, 4) is 0 Å². The average Bonchev–Trinajstić information content (AvgIpc) is 2.48. The van der Waals surface area contributed by atoms with Gasteiger partial charge in [0.25, 0.3) is 5.91 Å². The SMILES string of the molecule is CC(NC(=O)c1ccc(NN)nc1)C1CCCCC1. The molecule has 1 aliphatic carbocycles. The highest BCUT2D eigenvalue weighted by atomic mass is 16.1. The van der Waals surface area contributed by atoms with E-state index in [1.54, 1.807) is 12.1 Å². The van der Waals surface area contributed by atoms with Gasteiger partial charge in [0.1, 0.15) is 5.82 Å². The minimum atomic E-state index is -0.0610. The highest BCUT2D eigenvalue weighted by Gasteiger charge is 2.21. The number of hydrogen-bond acceptors (Lipinski definition) is 4. The van der Waals surface area contributed by atoms with Gasteiger partial charge in [0.15, 0.2) is 0 Å². The topological polar surface area (TPSA) is 80.0 Å². The van der Waals surface area contributed by atoms with Crippen LogP contribution in [0.4, 0.5) is 5.82 Å². The molecule has 0 spiro atoms. The lowest BCUT2D eigenvalue weighted by Crippen LogP contribution is -2.38. The lowest BCUT2D eigenvalue weighted by atomic mass is 9.84. The molecule has 5 heteroatoms. The maximum Gasteiger partial charge on any atom is 0.253 e. The van der Waals surface area contributed by atoms with E-state index in [0.717, 1.165) is 0 Å². The van der Waals surface area contributed by atoms with E-state index in [0.29, 0.717) is 17.3 Å². The monoisotopic (exact) mass is 262 g/mol. The molecule has 0 bridgehead atoms. The van der Waals surface area contributed by atoms with Crippen LogP contribution in [0, 0.1) is 5.92 Å². The van der Waals surface area contributed by atoms with Crippen molar-refractivity contribution in [3.05, 3.63) is 23.9 Å². The molecule has 0 aliphatic heterocycles. The Hall–Kier alpha value is -1.62. The molecule has 1 aromatic rings. The molecule has 0 saturated heterocycles. The predicted octanol–water partition coefficient (Wildman–Crippen LogP) is 2.07. The van der Waals surface area contributed by atoms with Gasteiger partial charge in [-0.1, -0.05) is 19.3 Å². The molecule has 1 atom stereocenters. The second-order valence-electron chi connectivity index (χ2n) is 5.24. The molecule has 1 unspecified atom stereocenters. The van der Waals surface area contributed by atoms with Gasteiger partial charge in [-0.05, 0) is 37.8 Å². The number of nitrogens with one attached hydrogen (secondary N) is 2. The third kappa shape index (κ3) is 3.67. The molecule has 1 aliphatic rings. The zero-order valence-corrected chi connectivity index (χ0v) is 11.4. The van der Waals surface area contributed by atoms with Crippen LogP contribution in [0.2, 0.25) is 0 Å². The standard InChI is InChI=1S/C14H22N4O/c1-10(11-5-3-2-4-6-11)17-14(19)12-7-8-13(18-15)16-9-12/h7-11H,2-6,15H2,1H3,(H,16,18)(H,17,19). The lowest BCUT2D eigenvalue weighted by Gasteiger charge is -2.28. The fraction of sp³-hybridized carbons (Fsp3) is 0.571. The second kappa shape index (κ2) is 6.52. The van der Waals surface area contributed by atoms with E-state index in [-0.39, 0.29) is 11.9 Å². The fourth-order valence-corrected chi connectivity index (χ4v) is 2.66. The minimum Gasteiger partial charge on any atom is -0.349 e. The summed E-state index contributed by atoms with van der Waals surface area (Å²) in [6.45, 7) is 2.09. The number of nitrogen functional groups attached to an aromatic ring is 1. The molecule has 5 nitrogen and oxygen atoms in total. The molecule has 19 heavy (non-hydrogen) atoms. The average molecular weight is 262 g/mol. The summed E-state index contributed by atoms with van der Waals surface area (Å²) < 4.78 is 0. The first-order valence-corrected chi connectivity index (χ1v) is 6.94. The summed E-state index contributed by atoms with van der Waals surface area (Å²) in [5.41, 5.74) is 3.01. The molecule has 0 aromatic carbocycles. The number of anilines is 1. The number of amides is 1. The molecule has 2 rings (SSSR count). The Bertz CT molecular complexity index is 412. The molecular formula is C14H22N4O. The molecule has 1 heterocycles. The Kier molecular flexibility index (Phi) is 4.74. The first-order chi connectivity index (χ1) is 9.20. The third-order valence-electron chi connectivity index (χ3n) is 3.89. The Labute approximate surface area is 114 Å². The molecule has 4 N–H and O–H groups in total. The van der Waals surface area contributed by atoms with E-state index in [2.05, 4.69) is 22.7 Å². The number of rotatable bonds is 4. The van der Waals surface area contributed by atoms with Gasteiger partial charge >= 0.3 is 0 Å². The molecular weight excluding hydrogens is 240 g/mol. The molecule has 1 aromatic heterocycles. The minimum absolute atomic E-state index is 0.0610. The summed E-state index contributed by atoms with van der Waals surface area (Å²) in [5.74, 6) is 6.34. The molecule has 104 valence electrons. The highest BCUT2D eigenvalue weighted by molar-refractivity contribution is 5.94. The van der Waals surface area contributed by atoms with Gasteiger partial charge < -0.3 is 10.7 Å². The van der Waals surface area contributed by atoms with E-state index < -0.39 is 0 Å². The van der Waals surface area contributed by atoms with E-state index in [4.69, 9.17) is 5.84 Å². The van der Waals surface area contributed by atoms with E-state index in [9.17, 15) is 4.79 Å². The summed E-state index contributed by atoms with van der Waals surface area (Å²) in [4.78, 5) is 16.1. The van der Waals surface area contributed by atoms with Crippen LogP contribution in [0.25, 0.3) is 0 Å². The van der Waals surface area contributed by atoms with Crippen molar-refractivity contribution < 1.29 is 4.79 Å². The van der Waals surface area contributed by atoms with Crippen LogP contribution in [-0.2, 0) is 0 Å². The van der Waals surface area contributed by atoms with Gasteiger partial charge in [0, 0.05) is 12.2 Å². The maximum absolute atomic E-state index is 12.1. The smallest absolute Gasteiger partial charge is 0.253 e. The van der Waals surface area contributed by atoms with Crippen LogP contribution in [-0.4, -0.2) is 16.9 Å². The summed E-state index contributed by atoms with van der Waals surface area (Å²) in [6.07, 6.45) is 7.87. The predicted molar refractivity (Wildman–Crippen MR) is 75.6 cm³/mol. The van der Waals surface area contributed by atoms with Crippen molar-refractivity contribution in [2.75, 3.05) is 5.43 Å². The van der Waals surface area contributed by atoms with Crippen LogP contribution in [0.3, 0.4) is 0 Å². The largest absolute Gasteiger partial charge is 0.349 e. The summed E-state index contributed by atoms with van der Waals surface area (Å²) in [5, 5.41) is 3.07. The zero-order valence-electron chi connectivity index (χ0n) is 11.4. The van der Waals surface area contributed by atoms with Crippen LogP contribution in [0.15, 0.2) is 18.3 Å². The van der Waals surface area contributed by atoms with Crippen molar-refractivity contribution >= 4 is 11.7 Å². The number of carbonyl (C=O) groups is 1. The van der Waals surface area contributed by atoms with Crippen LogP contribution < -0.4 is 16.6 Å². The van der Waals surface area contributed by atoms with Crippen molar-refractivity contribution in [2.24, 2.45) is 11.8 Å². The van der Waals surface area contributed by atoms with E-state index >= 15 is 0 Å². The summed E-state index contributed by atoms with van der Waals surface area (Å²) in [6, 6.07) is 3.64. The number of nitrogens with two attached hydrogens (primary N) is 1. The van der Waals surface area contributed by atoms with Gasteiger partial charge in [-0.2, -0.15) is 0 Å². The van der Waals surface area contributed by atoms with Gasteiger partial charge in [0.05, 0.1) is 5.56 Å². The van der Waals surface area contributed by atoms with E-state index in [1.807, 2.05) is 0 Å². The quantitative estimate of drug-likeness (QED) is 0.573. The van der Waals surface area contributed by atoms with Crippen molar-refractivity contribution in [3.63, 3.8) is 0 Å². The maximum atomic E-state index is 12.1. The lowest BCUT2D eigenvalue weighted by molar-refractivity contribution is 0.0919. The summed E-state index contributed by atoms with van der Waals surface area (Å²) in [7, 11) is 0. The second-order valence-corrected chi connectivity index (χ2v) is 5.24. The normalized spacial score (nSPS) is 17.8. The van der Waals surface area contributed by atoms with Crippen molar-refractivity contribution in [2.45, 2.75) is 45.1 Å². The number of hydrazine groups is 1.